The highest BCUT2D eigenvalue weighted by molar-refractivity contribution is 9.09. The number of carbonyl (C=O) groups is 34. The summed E-state index contributed by atoms with van der Waals surface area (Å²) < 4.78 is 0. The van der Waals surface area contributed by atoms with Gasteiger partial charge >= 0.3 is 47.8 Å². The van der Waals surface area contributed by atoms with Crippen molar-refractivity contribution in [2.24, 2.45) is 11.8 Å². The van der Waals surface area contributed by atoms with E-state index in [1.807, 2.05) is 0 Å². The van der Waals surface area contributed by atoms with Gasteiger partial charge in [-0.25, -0.2) is 38.4 Å². The van der Waals surface area contributed by atoms with Gasteiger partial charge in [0.25, 0.3) is 106 Å². The molecule has 60 nitrogen and oxygen atoms in total. The van der Waals surface area contributed by atoms with Crippen molar-refractivity contribution < 1.29 is 202 Å². The van der Waals surface area contributed by atoms with Gasteiger partial charge in [-0.05, 0) is 11.8 Å². The molecule has 800 valence electrons. The Kier molecular flexibility index (Phi) is 46.9. The molecule has 8 saturated heterocycles. The summed E-state index contributed by atoms with van der Waals surface area (Å²) in [6.07, 6.45) is -1.25. The number of carbonyl (C=O) groups excluding carboxylic acids is 34. The molecule has 8 fully saturated rings. The Bertz CT molecular complexity index is 4770. The van der Waals surface area contributed by atoms with Crippen molar-refractivity contribution in [2.45, 2.75) is 180 Å². The molecule has 8 aliphatic heterocycles. The van der Waals surface area contributed by atoms with Gasteiger partial charge in [0.15, 0.2) is 0 Å². The van der Waals surface area contributed by atoms with Crippen molar-refractivity contribution in [3.63, 3.8) is 0 Å². The standard InChI is InChI=1S/C44H49N9O21.C42H51Br2N9O21/c1-3-28(54)45-25-27(26-46-29(55)4-2)44(70)49(19-13-30(56)47(21-15-40(66)71-50-32(58)5-6-33(50)59)22-16-41(67)72-51-34(60)7-8-35(51)61)20-14-31(57)48(23-17-42(68)73-52-36(62)9-10-37(52)63)24-18-43(69)74-53-38(64)11-12-39(53)65;43-21-26(54)45-23-25(24-46-27(55)22-44)42(70)49(15-9-28(56)47(17-11-38(66)71-50-30(58)1-2-31(50)59)18-12-39(67)72-51-32(60)3-4-33(51)61)16-10-29(57)48(19-13-40(68)73-52-34(62)5-6-35(52)63)20-14-41(69)74-53-36(64)7-8-37(53)65/h1-2,27H,5-26H2,(H,45,54)(H,46,55);25H,1-24H2,(H,45,54)(H,46,55). The molecule has 0 unspecified atom stereocenters. The molecule has 8 aliphatic rings. The number of hydrogen-bond donors (Lipinski definition) is 4. The molecule has 0 aromatic heterocycles. The van der Waals surface area contributed by atoms with Crippen LogP contribution in [0.15, 0.2) is 0 Å². The maximum Gasteiger partial charge on any atom is 0.334 e. The van der Waals surface area contributed by atoms with E-state index in [0.717, 1.165) is 29.4 Å². The summed E-state index contributed by atoms with van der Waals surface area (Å²) in [5.74, 6) is -29.6. The molecule has 4 N–H and O–H groups in total. The quantitative estimate of drug-likeness (QED) is 0.0250. The first kappa shape index (κ1) is 119. The van der Waals surface area contributed by atoms with Crippen molar-refractivity contribution in [3.05, 3.63) is 0 Å². The van der Waals surface area contributed by atoms with Crippen LogP contribution >= 0.6 is 31.9 Å². The lowest BCUT2D eigenvalue weighted by molar-refractivity contribution is -0.198. The van der Waals surface area contributed by atoms with E-state index in [9.17, 15) is 163 Å². The van der Waals surface area contributed by atoms with Crippen molar-refractivity contribution in [1.82, 2.24) is 91.2 Å². The predicted octanol–water partition coefficient (Wildman–Crippen LogP) is -7.76. The highest BCUT2D eigenvalue weighted by Gasteiger charge is 2.43. The van der Waals surface area contributed by atoms with E-state index in [1.165, 1.54) is 0 Å². The zero-order valence-corrected chi connectivity index (χ0v) is 82.2. The number of nitrogens with zero attached hydrogens (tertiary/aromatic N) is 14. The Labute approximate surface area is 853 Å². The third-order valence-electron chi connectivity index (χ3n) is 22.0. The molecule has 62 heteroatoms. The van der Waals surface area contributed by atoms with E-state index in [1.54, 1.807) is 11.8 Å². The van der Waals surface area contributed by atoms with Crippen LogP contribution in [-0.4, -0.2) is 387 Å². The van der Waals surface area contributed by atoms with Crippen LogP contribution in [0.1, 0.15) is 180 Å². The number of alkyl halides is 2. The number of hydrogen-bond acceptors (Lipinski definition) is 42. The van der Waals surface area contributed by atoms with Crippen molar-refractivity contribution in [2.75, 3.05) is 115 Å². The van der Waals surface area contributed by atoms with Crippen LogP contribution in [0.5, 0.6) is 0 Å². The molecule has 0 radical (unpaired) electrons. The normalized spacial score (nSPS) is 15.4. The van der Waals surface area contributed by atoms with Crippen LogP contribution in [0.4, 0.5) is 0 Å². The minimum Gasteiger partial charge on any atom is -0.355 e. The largest absolute Gasteiger partial charge is 0.355 e. The summed E-state index contributed by atoms with van der Waals surface area (Å²) in [4.78, 5) is 473. The maximum atomic E-state index is 14.4. The van der Waals surface area contributed by atoms with Gasteiger partial charge in [-0.3, -0.25) is 125 Å². The number of nitrogens with one attached hydrogen (secondary N) is 4. The molecule has 0 aromatic carbocycles. The van der Waals surface area contributed by atoms with E-state index in [2.05, 4.69) is 53.1 Å². The number of rotatable bonds is 56. The molecule has 8 rings (SSSR count). The lowest BCUT2D eigenvalue weighted by Gasteiger charge is -2.30. The zero-order valence-electron chi connectivity index (χ0n) is 79.0. The molecule has 0 aliphatic carbocycles. The van der Waals surface area contributed by atoms with Gasteiger partial charge in [-0.1, -0.05) is 31.9 Å². The van der Waals surface area contributed by atoms with Crippen LogP contribution in [0.2, 0.25) is 0 Å². The summed E-state index contributed by atoms with van der Waals surface area (Å²) in [5.41, 5.74) is 0. The Morgan fingerprint density at radius 1 is 0.230 bits per heavy atom. The molecule has 0 saturated carbocycles. The number of amides is 26. The van der Waals surface area contributed by atoms with Crippen LogP contribution in [0, 0.1) is 36.5 Å². The summed E-state index contributed by atoms with van der Waals surface area (Å²) in [5, 5.41) is 11.3. The van der Waals surface area contributed by atoms with Gasteiger partial charge < -0.3 is 89.4 Å². The van der Waals surface area contributed by atoms with Gasteiger partial charge in [0.1, 0.15) is 0 Å². The van der Waals surface area contributed by atoms with Crippen LogP contribution < -0.4 is 21.3 Å². The molecule has 0 bridgehead atoms. The topological polar surface area (TPSA) is 748 Å². The molecule has 8 heterocycles. The van der Waals surface area contributed by atoms with Crippen molar-refractivity contribution in [1.29, 1.82) is 0 Å². The lowest BCUT2D eigenvalue weighted by Crippen LogP contribution is -2.49. The number of terminal acetylenes is 2. The van der Waals surface area contributed by atoms with Gasteiger partial charge in [0, 0.05) is 233 Å². The second-order valence-corrected chi connectivity index (χ2v) is 33.6. The van der Waals surface area contributed by atoms with Crippen LogP contribution in [-0.2, 0) is 202 Å². The smallest absolute Gasteiger partial charge is 0.334 e. The Hall–Kier alpha value is -16.3. The SMILES string of the molecule is C#CC(=O)NCC(CNC(=O)C#C)C(=O)N(CCC(=O)N(CCC(=O)ON1C(=O)CCC1=O)CCC(=O)ON1C(=O)CCC1=O)CCC(=O)N(CCC(=O)ON1C(=O)CCC1=O)CCC(=O)ON1C(=O)CCC1=O.O=C(CBr)NCC(CNC(=O)CBr)C(=O)N(CCC(=O)N(CCC(=O)ON1C(=O)CCC1=O)CCC(=O)ON1C(=O)CCC1=O)CCC(=O)N(CCC(=O)ON1C(=O)CCC1=O)CCC(=O)ON1C(=O)CCC1=O. The second kappa shape index (κ2) is 58.6. The molecular weight excluding hydrogens is 2120 g/mol. The lowest BCUT2D eigenvalue weighted by atomic mass is 10.1. The van der Waals surface area contributed by atoms with E-state index in [-0.39, 0.29) is 167 Å². The first-order valence-electron chi connectivity index (χ1n) is 45.6. The van der Waals surface area contributed by atoms with Gasteiger partial charge in [0.2, 0.25) is 47.3 Å². The Balaban J connectivity index is 0.000000401. The third-order valence-corrected chi connectivity index (χ3v) is 23.0. The van der Waals surface area contributed by atoms with Crippen molar-refractivity contribution >= 4 is 233 Å². The maximum absolute atomic E-state index is 14.4. The first-order valence-corrected chi connectivity index (χ1v) is 47.8. The summed E-state index contributed by atoms with van der Waals surface area (Å²) in [6, 6.07) is 0. The van der Waals surface area contributed by atoms with Crippen LogP contribution in [0.3, 0.4) is 0 Å². The molecule has 0 atom stereocenters. The molecule has 0 aromatic rings. The summed E-state index contributed by atoms with van der Waals surface area (Å²) in [6.45, 7) is -8.56. The molecule has 148 heavy (non-hydrogen) atoms. The Morgan fingerprint density at radius 3 is 0.500 bits per heavy atom. The monoisotopic (exact) mass is 2210 g/mol. The number of imide groups is 8. The third kappa shape index (κ3) is 37.4. The van der Waals surface area contributed by atoms with Crippen LogP contribution in [0.25, 0.3) is 0 Å². The zero-order chi connectivity index (χ0) is 109. The highest BCUT2D eigenvalue weighted by atomic mass is 79.9. The molecular formula is C86H100Br2N18O42. The Morgan fingerprint density at radius 2 is 0.365 bits per heavy atom. The summed E-state index contributed by atoms with van der Waals surface area (Å²) >= 11 is 5.99. The summed E-state index contributed by atoms with van der Waals surface area (Å²) in [7, 11) is 0. The highest BCUT2D eigenvalue weighted by Crippen LogP contribution is 2.24. The van der Waals surface area contributed by atoms with Gasteiger partial charge in [0.05, 0.1) is 73.9 Å². The first-order chi connectivity index (χ1) is 70.2. The fourth-order valence-corrected chi connectivity index (χ4v) is 14.4. The average molecular weight is 2220 g/mol. The van der Waals surface area contributed by atoms with Gasteiger partial charge in [-0.15, -0.1) is 53.4 Å². The van der Waals surface area contributed by atoms with E-state index in [0.29, 0.717) is 0 Å². The van der Waals surface area contributed by atoms with E-state index >= 15 is 0 Å². The molecule has 0 spiro atoms. The minimum absolute atomic E-state index is 0.188. The fraction of sp³-hybridized carbons (Fsp3) is 0.558. The minimum atomic E-state index is -1.41. The number of halogens is 2. The fourth-order valence-electron chi connectivity index (χ4n) is 14.0. The second-order valence-electron chi connectivity index (χ2n) is 32.5. The number of hydroxylamine groups is 16. The average Bonchev–Trinajstić information content (AvgIpc) is 1.79. The van der Waals surface area contributed by atoms with Gasteiger partial charge in [-0.2, -0.15) is 0 Å². The van der Waals surface area contributed by atoms with E-state index < -0.39 is 382 Å². The molecule has 26 amide bonds. The predicted molar refractivity (Wildman–Crippen MR) is 477 cm³/mol. The van der Waals surface area contributed by atoms with E-state index in [4.69, 9.17) is 51.5 Å². The van der Waals surface area contributed by atoms with Crippen molar-refractivity contribution in [3.8, 4) is 24.7 Å².